The van der Waals surface area contributed by atoms with Gasteiger partial charge in [-0.25, -0.2) is 19.7 Å². The number of rotatable bonds is 10. The molecule has 40 heavy (non-hydrogen) atoms. The summed E-state index contributed by atoms with van der Waals surface area (Å²) in [7, 11) is 0. The Bertz CT molecular complexity index is 1390. The zero-order valence-electron chi connectivity index (χ0n) is 21.6. The fourth-order valence-electron chi connectivity index (χ4n) is 5.11. The summed E-state index contributed by atoms with van der Waals surface area (Å²) in [5.41, 5.74) is 18.3. The summed E-state index contributed by atoms with van der Waals surface area (Å²) in [5.74, 6) is 0.197. The van der Waals surface area contributed by atoms with E-state index < -0.39 is 48.7 Å². The van der Waals surface area contributed by atoms with E-state index in [0.29, 0.717) is 36.2 Å². The van der Waals surface area contributed by atoms with Crippen molar-refractivity contribution in [2.45, 2.75) is 62.4 Å². The van der Waals surface area contributed by atoms with Crippen LogP contribution in [0.4, 0.5) is 11.6 Å². The van der Waals surface area contributed by atoms with E-state index in [4.69, 9.17) is 26.7 Å². The highest BCUT2D eigenvalue weighted by Gasteiger charge is 2.45. The second-order valence-corrected chi connectivity index (χ2v) is 9.96. The fraction of sp³-hybridized carbons (Fsp3) is 0.609. The number of aromatic nitrogens is 6. The standard InChI is InChI=1S/C23H34N10O7/c24-2-1-3-31(5-11-6-32(23(38)30-19(11)25)15-4-12(35)14(8-34)39-15)7-13-17(36)18(37)22(40-13)33-10-29-16-20(26)27-9-28-21(16)33/h6,9-10,12-15,17-18,22,34-37H,1-5,7-8,24H2,(H2,25,30,38)(H2,26,27,28)/t12-,13+,14+,15+,17+,18+,22+/m0/s1. The van der Waals surface area contributed by atoms with Crippen molar-refractivity contribution in [3.8, 4) is 0 Å². The summed E-state index contributed by atoms with van der Waals surface area (Å²) in [6.07, 6.45) is -1.94. The molecule has 5 rings (SSSR count). The minimum Gasteiger partial charge on any atom is -0.394 e. The summed E-state index contributed by atoms with van der Waals surface area (Å²) in [5, 5.41) is 41.2. The Morgan fingerprint density at radius 2 is 1.85 bits per heavy atom. The Labute approximate surface area is 227 Å². The number of hydrogen-bond donors (Lipinski definition) is 7. The molecule has 0 saturated carbocycles. The first-order chi connectivity index (χ1) is 19.2. The van der Waals surface area contributed by atoms with Gasteiger partial charge in [-0.3, -0.25) is 14.0 Å². The van der Waals surface area contributed by atoms with Crippen molar-refractivity contribution >= 4 is 22.8 Å². The summed E-state index contributed by atoms with van der Waals surface area (Å²) in [6, 6.07) is 0. The highest BCUT2D eigenvalue weighted by molar-refractivity contribution is 5.81. The molecule has 0 aliphatic carbocycles. The number of imidazole rings is 1. The van der Waals surface area contributed by atoms with Crippen LogP contribution in [-0.4, -0.2) is 111 Å². The number of nitrogens with zero attached hydrogens (tertiary/aromatic N) is 7. The van der Waals surface area contributed by atoms with E-state index in [1.807, 2.05) is 4.90 Å². The average Bonchev–Trinajstić information content (AvgIpc) is 3.60. The molecule has 17 nitrogen and oxygen atoms in total. The van der Waals surface area contributed by atoms with Crippen molar-refractivity contribution in [1.82, 2.24) is 34.0 Å². The summed E-state index contributed by atoms with van der Waals surface area (Å²) in [4.78, 5) is 30.7. The van der Waals surface area contributed by atoms with Crippen LogP contribution in [-0.2, 0) is 16.0 Å². The first-order valence-corrected chi connectivity index (χ1v) is 12.9. The van der Waals surface area contributed by atoms with Crippen LogP contribution < -0.4 is 22.9 Å². The Morgan fingerprint density at radius 1 is 1.05 bits per heavy atom. The molecule has 2 fully saturated rings. The summed E-state index contributed by atoms with van der Waals surface area (Å²) >= 11 is 0. The maximum Gasteiger partial charge on any atom is 0.351 e. The van der Waals surface area contributed by atoms with Crippen LogP contribution in [0.25, 0.3) is 11.2 Å². The third kappa shape index (κ3) is 5.37. The third-order valence-electron chi connectivity index (χ3n) is 7.26. The molecule has 0 radical (unpaired) electrons. The molecule has 2 aliphatic heterocycles. The zero-order chi connectivity index (χ0) is 28.6. The van der Waals surface area contributed by atoms with E-state index in [1.165, 1.54) is 28.0 Å². The van der Waals surface area contributed by atoms with E-state index in [0.717, 1.165) is 0 Å². The zero-order valence-corrected chi connectivity index (χ0v) is 21.6. The maximum atomic E-state index is 12.6. The van der Waals surface area contributed by atoms with Gasteiger partial charge in [0.1, 0.15) is 48.3 Å². The van der Waals surface area contributed by atoms with Gasteiger partial charge in [0.15, 0.2) is 17.7 Å². The van der Waals surface area contributed by atoms with Crippen LogP contribution in [0.2, 0.25) is 0 Å². The number of ether oxygens (including phenoxy) is 2. The molecule has 0 bridgehead atoms. The number of aliphatic hydroxyl groups excluding tert-OH is 4. The SMILES string of the molecule is NCCCN(Cc1cn([C@H]2C[C@H](O)[C@@H](CO)O2)c(=O)nc1N)C[C@H]1O[C@@H](n2cnc3c(N)ncnc32)[C@H](O)[C@@H]1O. The van der Waals surface area contributed by atoms with E-state index in [9.17, 15) is 25.2 Å². The van der Waals surface area contributed by atoms with Crippen molar-refractivity contribution in [3.05, 3.63) is 34.9 Å². The van der Waals surface area contributed by atoms with Crippen molar-refractivity contribution in [2.75, 3.05) is 37.7 Å². The van der Waals surface area contributed by atoms with Crippen molar-refractivity contribution in [3.63, 3.8) is 0 Å². The monoisotopic (exact) mass is 562 g/mol. The van der Waals surface area contributed by atoms with Gasteiger partial charge in [0, 0.05) is 31.3 Å². The lowest BCUT2D eigenvalue weighted by molar-refractivity contribution is -0.0466. The predicted molar refractivity (Wildman–Crippen MR) is 139 cm³/mol. The van der Waals surface area contributed by atoms with E-state index in [-0.39, 0.29) is 37.8 Å². The lowest BCUT2D eigenvalue weighted by Crippen LogP contribution is -2.41. The normalized spacial score (nSPS) is 28.7. The molecular formula is C23H34N10O7. The topological polar surface area (TPSA) is 259 Å². The lowest BCUT2D eigenvalue weighted by atomic mass is 10.1. The molecular weight excluding hydrogens is 528 g/mol. The maximum absolute atomic E-state index is 12.6. The number of aliphatic hydroxyl groups is 4. The molecule has 0 aromatic carbocycles. The lowest BCUT2D eigenvalue weighted by Gasteiger charge is -2.27. The molecule has 17 heteroatoms. The molecule has 7 atom stereocenters. The number of anilines is 2. The van der Waals surface area contributed by atoms with Crippen molar-refractivity contribution in [2.24, 2.45) is 5.73 Å². The molecule has 0 spiro atoms. The molecule has 3 aromatic heterocycles. The van der Waals surface area contributed by atoms with E-state index in [2.05, 4.69) is 19.9 Å². The van der Waals surface area contributed by atoms with Crippen LogP contribution in [0.15, 0.2) is 23.6 Å². The fourth-order valence-corrected chi connectivity index (χ4v) is 5.11. The van der Waals surface area contributed by atoms with Gasteiger partial charge < -0.3 is 47.1 Å². The average molecular weight is 563 g/mol. The molecule has 2 saturated heterocycles. The molecule has 0 unspecified atom stereocenters. The Kier molecular flexibility index (Phi) is 8.24. The molecule has 3 aromatic rings. The van der Waals surface area contributed by atoms with Gasteiger partial charge >= 0.3 is 5.69 Å². The molecule has 2 aliphatic rings. The highest BCUT2D eigenvalue weighted by atomic mass is 16.6. The second-order valence-electron chi connectivity index (χ2n) is 9.96. The van der Waals surface area contributed by atoms with Gasteiger partial charge in [-0.15, -0.1) is 0 Å². The number of hydrogen-bond acceptors (Lipinski definition) is 15. The van der Waals surface area contributed by atoms with E-state index in [1.54, 1.807) is 0 Å². The summed E-state index contributed by atoms with van der Waals surface area (Å²) < 4.78 is 14.5. The quantitative estimate of drug-likeness (QED) is 0.127. The third-order valence-corrected chi connectivity index (χ3v) is 7.26. The van der Waals surface area contributed by atoms with Crippen LogP contribution in [0.1, 0.15) is 30.9 Å². The number of nitrogens with two attached hydrogens (primary N) is 3. The smallest absolute Gasteiger partial charge is 0.351 e. The van der Waals surface area contributed by atoms with Gasteiger partial charge in [-0.1, -0.05) is 0 Å². The van der Waals surface area contributed by atoms with Crippen LogP contribution in [0.5, 0.6) is 0 Å². The largest absolute Gasteiger partial charge is 0.394 e. The highest BCUT2D eigenvalue weighted by Crippen LogP contribution is 2.33. The van der Waals surface area contributed by atoms with Gasteiger partial charge in [-0.05, 0) is 19.5 Å². The van der Waals surface area contributed by atoms with E-state index >= 15 is 0 Å². The molecule has 5 heterocycles. The minimum atomic E-state index is -1.28. The first kappa shape index (κ1) is 28.2. The molecule has 218 valence electrons. The molecule has 0 amide bonds. The number of nitrogen functional groups attached to an aromatic ring is 2. The van der Waals surface area contributed by atoms with Crippen LogP contribution in [0.3, 0.4) is 0 Å². The Balaban J connectivity index is 1.35. The number of fused-ring (bicyclic) bond motifs is 1. The minimum absolute atomic E-state index is 0.0178. The summed E-state index contributed by atoms with van der Waals surface area (Å²) in [6.45, 7) is 0.901. The van der Waals surface area contributed by atoms with Gasteiger partial charge in [0.05, 0.1) is 19.0 Å². The van der Waals surface area contributed by atoms with Crippen molar-refractivity contribution in [1.29, 1.82) is 0 Å². The predicted octanol–water partition coefficient (Wildman–Crippen LogP) is -3.34. The Hall–Kier alpha value is -3.29. The van der Waals surface area contributed by atoms with Crippen molar-refractivity contribution < 1.29 is 29.9 Å². The Morgan fingerprint density at radius 3 is 2.58 bits per heavy atom. The first-order valence-electron chi connectivity index (χ1n) is 12.9. The van der Waals surface area contributed by atoms with Crippen LogP contribution in [0, 0.1) is 0 Å². The van der Waals surface area contributed by atoms with Gasteiger partial charge in [0.2, 0.25) is 0 Å². The van der Waals surface area contributed by atoms with Gasteiger partial charge in [-0.2, -0.15) is 4.98 Å². The van der Waals surface area contributed by atoms with Crippen LogP contribution >= 0.6 is 0 Å². The molecule has 10 N–H and O–H groups in total. The second kappa shape index (κ2) is 11.7. The van der Waals surface area contributed by atoms with Gasteiger partial charge in [0.25, 0.3) is 0 Å².